The van der Waals surface area contributed by atoms with Crippen LogP contribution in [0.15, 0.2) is 39.6 Å². The van der Waals surface area contributed by atoms with Crippen molar-refractivity contribution in [3.05, 3.63) is 50.9 Å². The molecule has 0 spiro atoms. The molecule has 0 aliphatic heterocycles. The number of carbonyl (C=O) groups excluding carboxylic acids is 1. The normalized spacial score (nSPS) is 10.4. The van der Waals surface area contributed by atoms with Gasteiger partial charge in [0.1, 0.15) is 6.54 Å². The highest BCUT2D eigenvalue weighted by Crippen LogP contribution is 2.14. The Bertz CT molecular complexity index is 646. The maximum atomic E-state index is 12.3. The number of carboxylic acid groups (broad SMARTS) is 1. The van der Waals surface area contributed by atoms with E-state index in [0.29, 0.717) is 6.42 Å². The van der Waals surface area contributed by atoms with Gasteiger partial charge in [0.15, 0.2) is 0 Å². The van der Waals surface area contributed by atoms with Crippen molar-refractivity contribution in [3.8, 4) is 0 Å². The summed E-state index contributed by atoms with van der Waals surface area (Å²) in [7, 11) is 0. The Labute approximate surface area is 140 Å². The monoisotopic (exact) mass is 382 g/mol. The van der Waals surface area contributed by atoms with Crippen LogP contribution < -0.4 is 0 Å². The molecule has 0 aliphatic carbocycles. The zero-order chi connectivity index (χ0) is 15.9. The lowest BCUT2D eigenvalue weighted by Crippen LogP contribution is -2.35. The van der Waals surface area contributed by atoms with Gasteiger partial charge >= 0.3 is 5.97 Å². The van der Waals surface area contributed by atoms with Gasteiger partial charge in [-0.15, -0.1) is 11.3 Å². The average Bonchev–Trinajstić information content (AvgIpc) is 2.97. The number of amides is 1. The van der Waals surface area contributed by atoms with E-state index in [2.05, 4.69) is 20.9 Å². The van der Waals surface area contributed by atoms with Crippen molar-refractivity contribution >= 4 is 39.1 Å². The Morgan fingerprint density at radius 3 is 2.82 bits per heavy atom. The second-order valence-corrected chi connectivity index (χ2v) is 6.39. The molecule has 1 N–H and O–H groups in total. The lowest BCUT2D eigenvalue weighted by molar-refractivity contribution is -0.144. The van der Waals surface area contributed by atoms with E-state index in [1.165, 1.54) is 16.2 Å². The zero-order valence-corrected chi connectivity index (χ0v) is 14.1. The molecule has 1 aromatic carbocycles. The van der Waals surface area contributed by atoms with Crippen LogP contribution in [-0.4, -0.2) is 33.4 Å². The number of halogens is 1. The Hall–Kier alpha value is -1.73. The molecular weight excluding hydrogens is 368 g/mol. The Morgan fingerprint density at radius 1 is 1.36 bits per heavy atom. The van der Waals surface area contributed by atoms with Gasteiger partial charge in [-0.3, -0.25) is 9.59 Å². The third-order valence-corrected chi connectivity index (χ3v) is 4.15. The SMILES string of the molecule is O=C(O)CN(Cc1cccc(Br)c1)C(=O)CCc1cscn1. The second-order valence-electron chi connectivity index (χ2n) is 4.75. The van der Waals surface area contributed by atoms with Crippen LogP contribution in [0.3, 0.4) is 0 Å². The molecule has 0 unspecified atom stereocenters. The first-order valence-corrected chi connectivity index (χ1v) is 8.39. The Balaban J connectivity index is 2.01. The summed E-state index contributed by atoms with van der Waals surface area (Å²) in [5.74, 6) is -1.20. The summed E-state index contributed by atoms with van der Waals surface area (Å²) < 4.78 is 0.898. The molecule has 0 saturated carbocycles. The van der Waals surface area contributed by atoms with E-state index in [4.69, 9.17) is 5.11 Å². The van der Waals surface area contributed by atoms with Gasteiger partial charge in [-0.2, -0.15) is 0 Å². The van der Waals surface area contributed by atoms with Crippen molar-refractivity contribution in [1.29, 1.82) is 0 Å². The van der Waals surface area contributed by atoms with E-state index in [1.54, 1.807) is 5.51 Å². The number of carboxylic acids is 1. The molecule has 116 valence electrons. The zero-order valence-electron chi connectivity index (χ0n) is 11.7. The third-order valence-electron chi connectivity index (χ3n) is 3.02. The fourth-order valence-corrected chi connectivity index (χ4v) is 3.04. The van der Waals surface area contributed by atoms with Crippen molar-refractivity contribution in [3.63, 3.8) is 0 Å². The molecule has 0 bridgehead atoms. The smallest absolute Gasteiger partial charge is 0.323 e. The van der Waals surface area contributed by atoms with Crippen molar-refractivity contribution in [2.24, 2.45) is 0 Å². The minimum absolute atomic E-state index is 0.185. The van der Waals surface area contributed by atoms with Crippen molar-refractivity contribution < 1.29 is 14.7 Å². The maximum Gasteiger partial charge on any atom is 0.323 e. The summed E-state index contributed by atoms with van der Waals surface area (Å²) >= 11 is 4.85. The standard InChI is InChI=1S/C15H15BrN2O3S/c16-12-3-1-2-11(6-12)7-18(8-15(20)21)14(19)5-4-13-9-22-10-17-13/h1-3,6,9-10H,4-5,7-8H2,(H,20,21). The van der Waals surface area contributed by atoms with Crippen LogP contribution in [0.4, 0.5) is 0 Å². The first kappa shape index (κ1) is 16.6. The number of aromatic nitrogens is 1. The Kier molecular flexibility index (Phi) is 6.09. The van der Waals surface area contributed by atoms with E-state index in [1.807, 2.05) is 29.6 Å². The van der Waals surface area contributed by atoms with Gasteiger partial charge < -0.3 is 10.0 Å². The van der Waals surface area contributed by atoms with E-state index in [0.717, 1.165) is 15.7 Å². The Morgan fingerprint density at radius 2 is 2.18 bits per heavy atom. The second kappa shape index (κ2) is 8.05. The lowest BCUT2D eigenvalue weighted by Gasteiger charge is -2.21. The highest BCUT2D eigenvalue weighted by molar-refractivity contribution is 9.10. The first-order chi connectivity index (χ1) is 10.5. The van der Waals surface area contributed by atoms with Crippen LogP contribution in [0.25, 0.3) is 0 Å². The molecule has 1 amide bonds. The average molecular weight is 383 g/mol. The number of carbonyl (C=O) groups is 2. The molecule has 2 aromatic rings. The largest absolute Gasteiger partial charge is 0.480 e. The van der Waals surface area contributed by atoms with Gasteiger partial charge in [-0.25, -0.2) is 4.98 Å². The van der Waals surface area contributed by atoms with E-state index in [9.17, 15) is 9.59 Å². The molecule has 2 rings (SSSR count). The fraction of sp³-hybridized carbons (Fsp3) is 0.267. The molecule has 7 heteroatoms. The molecule has 0 radical (unpaired) electrons. The van der Waals surface area contributed by atoms with E-state index < -0.39 is 5.97 Å². The number of aryl methyl sites for hydroxylation is 1. The van der Waals surface area contributed by atoms with Gasteiger partial charge in [0.05, 0.1) is 11.2 Å². The minimum Gasteiger partial charge on any atom is -0.480 e. The molecule has 1 aromatic heterocycles. The van der Waals surface area contributed by atoms with E-state index >= 15 is 0 Å². The number of nitrogens with zero attached hydrogens (tertiary/aromatic N) is 2. The summed E-state index contributed by atoms with van der Waals surface area (Å²) in [6, 6.07) is 7.49. The minimum atomic E-state index is -1.02. The van der Waals surface area contributed by atoms with Crippen LogP contribution in [0.1, 0.15) is 17.7 Å². The summed E-state index contributed by atoms with van der Waals surface area (Å²) in [4.78, 5) is 28.8. The third kappa shape index (κ3) is 5.23. The van der Waals surface area contributed by atoms with Crippen molar-refractivity contribution in [2.45, 2.75) is 19.4 Å². The van der Waals surface area contributed by atoms with Gasteiger partial charge in [0, 0.05) is 22.8 Å². The van der Waals surface area contributed by atoms with E-state index in [-0.39, 0.29) is 25.4 Å². The van der Waals surface area contributed by atoms with Gasteiger partial charge in [0.2, 0.25) is 5.91 Å². The van der Waals surface area contributed by atoms with Crippen molar-refractivity contribution in [2.75, 3.05) is 6.54 Å². The number of thiazole rings is 1. The van der Waals surface area contributed by atoms with Crippen LogP contribution in [-0.2, 0) is 22.6 Å². The molecule has 0 fully saturated rings. The quantitative estimate of drug-likeness (QED) is 0.798. The van der Waals surface area contributed by atoms with Crippen LogP contribution in [0.2, 0.25) is 0 Å². The number of hydrogen-bond donors (Lipinski definition) is 1. The van der Waals surface area contributed by atoms with Gasteiger partial charge in [-0.1, -0.05) is 28.1 Å². The summed E-state index contributed by atoms with van der Waals surface area (Å²) in [6.45, 7) is -0.0238. The number of hydrogen-bond acceptors (Lipinski definition) is 4. The topological polar surface area (TPSA) is 70.5 Å². The van der Waals surface area contributed by atoms with Crippen LogP contribution >= 0.6 is 27.3 Å². The summed E-state index contributed by atoms with van der Waals surface area (Å²) in [5, 5.41) is 10.9. The molecule has 0 aliphatic rings. The molecule has 0 saturated heterocycles. The van der Waals surface area contributed by atoms with Gasteiger partial charge in [-0.05, 0) is 24.1 Å². The molecule has 0 atom stereocenters. The van der Waals surface area contributed by atoms with Gasteiger partial charge in [0.25, 0.3) is 0 Å². The number of benzene rings is 1. The summed E-state index contributed by atoms with van der Waals surface area (Å²) in [6.07, 6.45) is 0.780. The first-order valence-electron chi connectivity index (χ1n) is 6.65. The molecule has 22 heavy (non-hydrogen) atoms. The van der Waals surface area contributed by atoms with Crippen LogP contribution in [0, 0.1) is 0 Å². The molecular formula is C15H15BrN2O3S. The number of rotatable bonds is 7. The number of aliphatic carboxylic acids is 1. The highest BCUT2D eigenvalue weighted by Gasteiger charge is 2.17. The lowest BCUT2D eigenvalue weighted by atomic mass is 10.2. The fourth-order valence-electron chi connectivity index (χ4n) is 2.01. The summed E-state index contributed by atoms with van der Waals surface area (Å²) in [5.41, 5.74) is 3.46. The maximum absolute atomic E-state index is 12.3. The molecule has 1 heterocycles. The van der Waals surface area contributed by atoms with Crippen molar-refractivity contribution in [1.82, 2.24) is 9.88 Å². The highest BCUT2D eigenvalue weighted by atomic mass is 79.9. The molecule has 5 nitrogen and oxygen atoms in total. The van der Waals surface area contributed by atoms with Crippen LogP contribution in [0.5, 0.6) is 0 Å². The predicted molar refractivity (Wildman–Crippen MR) is 87.6 cm³/mol. The predicted octanol–water partition coefficient (Wildman–Crippen LogP) is 2.95.